The molecule has 0 unspecified atom stereocenters. The number of carboxylic acid groups (broad SMARTS) is 3. The van der Waals surface area contributed by atoms with Gasteiger partial charge in [-0.2, -0.15) is 0 Å². The predicted molar refractivity (Wildman–Crippen MR) is 84.1 cm³/mol. The molecule has 0 aromatic rings. The van der Waals surface area contributed by atoms with Crippen molar-refractivity contribution in [2.24, 2.45) is 11.5 Å². The molecule has 14 nitrogen and oxygen atoms in total. The number of aliphatic hydroxyl groups excluding tert-OH is 4. The van der Waals surface area contributed by atoms with Gasteiger partial charge in [-0.25, -0.2) is 9.59 Å². The van der Waals surface area contributed by atoms with E-state index in [9.17, 15) is 14.4 Å². The van der Waals surface area contributed by atoms with Gasteiger partial charge in [-0.3, -0.25) is 10.2 Å². The number of aliphatic hydroxyl groups is 4. The van der Waals surface area contributed by atoms with E-state index in [1.807, 2.05) is 0 Å². The molecule has 0 aromatic heterocycles. The largest absolute Gasteiger partial charge is 0.480 e. The van der Waals surface area contributed by atoms with Crippen molar-refractivity contribution in [3.05, 3.63) is 0 Å². The van der Waals surface area contributed by atoms with Gasteiger partial charge in [0.2, 0.25) is 0 Å². The van der Waals surface area contributed by atoms with Crippen LogP contribution in [0, 0.1) is 5.41 Å². The molecule has 0 aliphatic rings. The Labute approximate surface area is 147 Å². The van der Waals surface area contributed by atoms with Crippen molar-refractivity contribution >= 4 is 23.9 Å². The van der Waals surface area contributed by atoms with Gasteiger partial charge in [0.1, 0.15) is 18.2 Å². The number of hydrogen-bond acceptors (Lipinski definition) is 9. The lowest BCUT2D eigenvalue weighted by Gasteiger charge is -2.21. The fraction of sp³-hybridized carbons (Fsp3) is 0.667. The van der Waals surface area contributed by atoms with E-state index >= 15 is 0 Å². The number of aliphatic carboxylic acids is 3. The average molecular weight is 384 g/mol. The van der Waals surface area contributed by atoms with Gasteiger partial charge in [0, 0.05) is 6.54 Å². The highest BCUT2D eigenvalue weighted by atomic mass is 16.4. The highest BCUT2D eigenvalue weighted by Crippen LogP contribution is 2.05. The molecular formula is C12H24N4O10. The summed E-state index contributed by atoms with van der Waals surface area (Å²) in [5.74, 6) is -4.79. The zero-order chi connectivity index (χ0) is 21.0. The summed E-state index contributed by atoms with van der Waals surface area (Å²) in [7, 11) is 0. The Morgan fingerprint density at radius 3 is 1.54 bits per heavy atom. The van der Waals surface area contributed by atoms with Crippen molar-refractivity contribution in [1.82, 2.24) is 5.32 Å². The standard InChI is InChI=1S/C6H14N4O2.C6H10O8/c7-4(5(11)12)2-1-3-10-6(8)9;7-1(3(9)5(11)12)2(8)4(10)6(13)14/h4H,1-3,7H2,(H,11,12)(H4,8,9,10);1-4,7-10H,(H,11,12)(H,13,14)/t4-;1-,2-,3-,4+/m00/s1. The van der Waals surface area contributed by atoms with Crippen molar-refractivity contribution in [3.63, 3.8) is 0 Å². The van der Waals surface area contributed by atoms with Gasteiger partial charge in [0.25, 0.3) is 0 Å². The predicted octanol–water partition coefficient (Wildman–Crippen LogP) is -4.74. The minimum atomic E-state index is -2.36. The lowest BCUT2D eigenvalue weighted by Crippen LogP contribution is -2.49. The van der Waals surface area contributed by atoms with Crippen LogP contribution in [0.4, 0.5) is 0 Å². The van der Waals surface area contributed by atoms with Crippen LogP contribution in [0.25, 0.3) is 0 Å². The Balaban J connectivity index is 0. The zero-order valence-electron chi connectivity index (χ0n) is 13.5. The van der Waals surface area contributed by atoms with Gasteiger partial charge in [-0.05, 0) is 12.8 Å². The topological polar surface area (TPSA) is 281 Å². The third-order valence-corrected chi connectivity index (χ3v) is 2.83. The van der Waals surface area contributed by atoms with Crippen LogP contribution in [-0.2, 0) is 14.4 Å². The molecule has 0 aliphatic heterocycles. The number of carbonyl (C=O) groups is 3. The molecule has 0 saturated heterocycles. The number of nitrogens with one attached hydrogen (secondary N) is 2. The SMILES string of the molecule is N=C(N)NCCC[C@H](N)C(=O)O.O=C(O)[C@@H](O)[C@@H](O)[C@H](O)[C@@H](O)C(=O)O. The van der Waals surface area contributed by atoms with Crippen molar-refractivity contribution in [2.75, 3.05) is 6.54 Å². The number of guanidine groups is 1. The Morgan fingerprint density at radius 2 is 1.27 bits per heavy atom. The molecule has 152 valence electrons. The average Bonchev–Trinajstić information content (AvgIpc) is 2.55. The number of hydrogen-bond donors (Lipinski definition) is 11. The molecule has 13 N–H and O–H groups in total. The molecule has 0 heterocycles. The van der Waals surface area contributed by atoms with Crippen LogP contribution in [0.15, 0.2) is 0 Å². The van der Waals surface area contributed by atoms with Crippen LogP contribution in [0.2, 0.25) is 0 Å². The second-order valence-electron chi connectivity index (χ2n) is 4.97. The van der Waals surface area contributed by atoms with Crippen LogP contribution in [0.3, 0.4) is 0 Å². The van der Waals surface area contributed by atoms with E-state index in [4.69, 9.17) is 52.6 Å². The van der Waals surface area contributed by atoms with Crippen molar-refractivity contribution in [3.8, 4) is 0 Å². The van der Waals surface area contributed by atoms with E-state index in [0.29, 0.717) is 19.4 Å². The summed E-state index contributed by atoms with van der Waals surface area (Å²) in [5.41, 5.74) is 10.2. The fourth-order valence-electron chi connectivity index (χ4n) is 1.33. The smallest absolute Gasteiger partial charge is 0.335 e. The molecule has 0 saturated carbocycles. The quantitative estimate of drug-likeness (QED) is 0.0959. The number of carboxylic acids is 3. The molecule has 0 amide bonds. The summed E-state index contributed by atoms with van der Waals surface area (Å²) in [6, 6.07) is -0.821. The molecular weight excluding hydrogens is 360 g/mol. The lowest BCUT2D eigenvalue weighted by atomic mass is 10.0. The summed E-state index contributed by atoms with van der Waals surface area (Å²) in [4.78, 5) is 30.4. The van der Waals surface area contributed by atoms with Crippen LogP contribution in [0.1, 0.15) is 12.8 Å². The van der Waals surface area contributed by atoms with Gasteiger partial charge in [-0.1, -0.05) is 0 Å². The van der Waals surface area contributed by atoms with Gasteiger partial charge in [-0.15, -0.1) is 0 Å². The molecule has 0 bridgehead atoms. The van der Waals surface area contributed by atoms with Crippen LogP contribution < -0.4 is 16.8 Å². The van der Waals surface area contributed by atoms with Crippen LogP contribution in [0.5, 0.6) is 0 Å². The second kappa shape index (κ2) is 12.8. The summed E-state index contributed by atoms with van der Waals surface area (Å²) < 4.78 is 0. The van der Waals surface area contributed by atoms with E-state index in [-0.39, 0.29) is 5.96 Å². The minimum Gasteiger partial charge on any atom is -0.480 e. The molecule has 0 fully saturated rings. The molecule has 0 aliphatic carbocycles. The monoisotopic (exact) mass is 384 g/mol. The van der Waals surface area contributed by atoms with Crippen LogP contribution >= 0.6 is 0 Å². The lowest BCUT2D eigenvalue weighted by molar-refractivity contribution is -0.172. The second-order valence-corrected chi connectivity index (χ2v) is 4.97. The van der Waals surface area contributed by atoms with Crippen molar-refractivity contribution < 1.29 is 50.1 Å². The van der Waals surface area contributed by atoms with E-state index in [1.165, 1.54) is 0 Å². The first kappa shape index (κ1) is 25.7. The third-order valence-electron chi connectivity index (χ3n) is 2.83. The summed E-state index contributed by atoms with van der Waals surface area (Å²) in [5, 5.41) is 69.2. The van der Waals surface area contributed by atoms with Crippen molar-refractivity contribution in [2.45, 2.75) is 43.3 Å². The van der Waals surface area contributed by atoms with Gasteiger partial charge >= 0.3 is 17.9 Å². The summed E-state index contributed by atoms with van der Waals surface area (Å²) in [6.45, 7) is 0.482. The maximum atomic E-state index is 10.2. The fourth-order valence-corrected chi connectivity index (χ4v) is 1.33. The van der Waals surface area contributed by atoms with E-state index < -0.39 is 48.4 Å². The molecule has 0 radical (unpaired) electrons. The molecule has 5 atom stereocenters. The van der Waals surface area contributed by atoms with Gasteiger partial charge in [0.05, 0.1) is 0 Å². The van der Waals surface area contributed by atoms with Crippen LogP contribution in [-0.4, -0.2) is 96.6 Å². The summed E-state index contributed by atoms with van der Waals surface area (Å²) >= 11 is 0. The summed E-state index contributed by atoms with van der Waals surface area (Å²) in [6.07, 6.45) is -8.31. The highest BCUT2D eigenvalue weighted by molar-refractivity contribution is 5.75. The zero-order valence-corrected chi connectivity index (χ0v) is 13.5. The van der Waals surface area contributed by atoms with Gasteiger partial charge in [0.15, 0.2) is 18.2 Å². The minimum absolute atomic E-state index is 0.112. The maximum Gasteiger partial charge on any atom is 0.335 e. The molecule has 14 heteroatoms. The number of rotatable bonds is 10. The van der Waals surface area contributed by atoms with Crippen molar-refractivity contribution in [1.29, 1.82) is 5.41 Å². The molecule has 0 spiro atoms. The Bertz CT molecular complexity index is 465. The Kier molecular flexibility index (Phi) is 12.6. The first-order valence-corrected chi connectivity index (χ1v) is 7.07. The van der Waals surface area contributed by atoms with Gasteiger partial charge < -0.3 is 52.5 Å². The number of nitrogens with two attached hydrogens (primary N) is 2. The molecule has 0 rings (SSSR count). The first-order valence-electron chi connectivity index (χ1n) is 7.07. The molecule has 0 aromatic carbocycles. The van der Waals surface area contributed by atoms with E-state index in [0.717, 1.165) is 0 Å². The maximum absolute atomic E-state index is 10.2. The van der Waals surface area contributed by atoms with E-state index in [2.05, 4.69) is 5.32 Å². The van der Waals surface area contributed by atoms with E-state index in [1.54, 1.807) is 0 Å². The first-order chi connectivity index (χ1) is 11.8. The molecule has 26 heavy (non-hydrogen) atoms. The highest BCUT2D eigenvalue weighted by Gasteiger charge is 2.37. The Hall–Kier alpha value is -2.52. The Morgan fingerprint density at radius 1 is 0.885 bits per heavy atom. The normalized spacial score (nSPS) is 16.0. The third kappa shape index (κ3) is 11.1.